The first-order chi connectivity index (χ1) is 24.1. The Morgan fingerprint density at radius 3 is 2.36 bits per heavy atom. The van der Waals surface area contributed by atoms with Gasteiger partial charge in [-0.2, -0.15) is 0 Å². The van der Waals surface area contributed by atoms with Gasteiger partial charge < -0.3 is 28.9 Å². The minimum atomic E-state index is -1.90. The summed E-state index contributed by atoms with van der Waals surface area (Å²) in [5, 5.41) is 20.5. The second kappa shape index (κ2) is 14.6. The first-order valence-electron chi connectivity index (χ1n) is 17.4. The maximum Gasteiger partial charge on any atom is 0.415 e. The molecule has 3 N–H and O–H groups in total. The molecule has 0 radical (unpaired) electrons. The van der Waals surface area contributed by atoms with E-state index in [-0.39, 0.29) is 54.5 Å². The summed E-state index contributed by atoms with van der Waals surface area (Å²) in [5.41, 5.74) is 3.58. The van der Waals surface area contributed by atoms with Crippen LogP contribution in [0.25, 0.3) is 22.3 Å². The zero-order chi connectivity index (χ0) is 35.6. The first kappa shape index (κ1) is 35.0. The summed E-state index contributed by atoms with van der Waals surface area (Å²) >= 11 is 0. The molecule has 0 aliphatic carbocycles. The number of fused-ring (bicyclic) bond motifs is 5. The van der Waals surface area contributed by atoms with Crippen molar-refractivity contribution in [3.8, 4) is 17.1 Å². The lowest BCUT2D eigenvalue weighted by Gasteiger charge is -2.34. The van der Waals surface area contributed by atoms with Crippen molar-refractivity contribution >= 4 is 34.8 Å². The van der Waals surface area contributed by atoms with Gasteiger partial charge in [-0.25, -0.2) is 20.1 Å². The molecule has 0 saturated carbocycles. The Labute approximate surface area is 288 Å². The van der Waals surface area contributed by atoms with Gasteiger partial charge in [-0.05, 0) is 55.5 Å². The topological polar surface area (TPSA) is 181 Å². The van der Waals surface area contributed by atoms with Crippen molar-refractivity contribution in [3.05, 3.63) is 56.9 Å². The van der Waals surface area contributed by atoms with E-state index in [1.54, 1.807) is 51.0 Å². The van der Waals surface area contributed by atoms with Crippen molar-refractivity contribution in [1.29, 1.82) is 0 Å². The predicted octanol–water partition coefficient (Wildman–Crippen LogP) is 3.52. The van der Waals surface area contributed by atoms with E-state index in [1.165, 1.54) is 0 Å². The summed E-state index contributed by atoms with van der Waals surface area (Å²) in [6.07, 6.45) is 5.04. The molecule has 3 aliphatic rings. The van der Waals surface area contributed by atoms with Crippen LogP contribution in [-0.2, 0) is 44.3 Å². The molecule has 0 spiro atoms. The molecule has 14 heteroatoms. The van der Waals surface area contributed by atoms with Crippen LogP contribution < -0.4 is 15.8 Å². The average Bonchev–Trinajstić information content (AvgIpc) is 3.50. The summed E-state index contributed by atoms with van der Waals surface area (Å²) in [4.78, 5) is 71.3. The van der Waals surface area contributed by atoms with E-state index >= 15 is 0 Å². The number of rotatable bonds is 11. The number of hydrogen-bond acceptors (Lipinski definition) is 10. The minimum absolute atomic E-state index is 0.0618. The number of benzene rings is 1. The SMILES string of the molecule is CCc1c2c(nc3ccc(OC(=O)N4CCN(C(=O)CCCCCCCC(=O)NO)CC4)cc13)-c1cc3c(c(=O)n1C2)COC(=O)[C@]3(O)CC. The van der Waals surface area contributed by atoms with E-state index in [2.05, 4.69) is 0 Å². The molecular weight excluding hydrogens is 646 g/mol. The second-order valence-electron chi connectivity index (χ2n) is 13.1. The standard InChI is InChI=1S/C36H43N5O9/c1-3-23-24-18-22(50-35(46)40-16-14-39(15-17-40)31(43)11-9-7-5-6-8-10-30(42)38-48)12-13-28(24)37-32-25(23)20-41-29(32)19-27-26(33(41)44)21-49-34(45)36(27,47)4-2/h12-13,18-19,47-48H,3-11,14-17,20-21H2,1-2H3,(H,38,42)/t36-/m0/s1. The number of cyclic esters (lactones) is 1. The van der Waals surface area contributed by atoms with Crippen LogP contribution in [0, 0.1) is 0 Å². The van der Waals surface area contributed by atoms with Crippen molar-refractivity contribution in [3.63, 3.8) is 0 Å². The first-order valence-corrected chi connectivity index (χ1v) is 17.4. The van der Waals surface area contributed by atoms with Crippen LogP contribution in [0.15, 0.2) is 29.1 Å². The molecule has 3 amide bonds. The van der Waals surface area contributed by atoms with E-state index < -0.39 is 17.7 Å². The lowest BCUT2D eigenvalue weighted by molar-refractivity contribution is -0.172. The van der Waals surface area contributed by atoms with Gasteiger partial charge in [0.1, 0.15) is 12.4 Å². The number of unbranched alkanes of at least 4 members (excludes halogenated alkanes) is 4. The number of hydrogen-bond donors (Lipinski definition) is 3. The smallest absolute Gasteiger partial charge is 0.415 e. The Morgan fingerprint density at radius 2 is 1.66 bits per heavy atom. The van der Waals surface area contributed by atoms with Crippen LogP contribution in [0.4, 0.5) is 4.79 Å². The number of amides is 3. The maximum absolute atomic E-state index is 13.6. The molecule has 1 fully saturated rings. The lowest BCUT2D eigenvalue weighted by atomic mass is 9.86. The molecule has 2 aromatic heterocycles. The summed E-state index contributed by atoms with van der Waals surface area (Å²) in [6, 6.07) is 6.95. The highest BCUT2D eigenvalue weighted by Gasteiger charge is 2.45. The Bertz CT molecular complexity index is 1900. The summed E-state index contributed by atoms with van der Waals surface area (Å²) in [6.45, 7) is 5.34. The van der Waals surface area contributed by atoms with Crippen LogP contribution in [0.3, 0.4) is 0 Å². The highest BCUT2D eigenvalue weighted by molar-refractivity contribution is 5.90. The Kier molecular flexibility index (Phi) is 10.2. The largest absolute Gasteiger partial charge is 0.458 e. The van der Waals surface area contributed by atoms with Gasteiger partial charge in [0.2, 0.25) is 11.8 Å². The van der Waals surface area contributed by atoms with Crippen molar-refractivity contribution in [1.82, 2.24) is 24.8 Å². The van der Waals surface area contributed by atoms with Crippen molar-refractivity contribution in [2.24, 2.45) is 0 Å². The Morgan fingerprint density at radius 1 is 0.960 bits per heavy atom. The zero-order valence-electron chi connectivity index (χ0n) is 28.5. The molecule has 6 rings (SSSR count). The third kappa shape index (κ3) is 6.56. The number of nitrogens with zero attached hydrogens (tertiary/aromatic N) is 4. The summed E-state index contributed by atoms with van der Waals surface area (Å²) in [7, 11) is 0. The monoisotopic (exact) mass is 689 g/mol. The fourth-order valence-electron chi connectivity index (χ4n) is 7.22. The second-order valence-corrected chi connectivity index (χ2v) is 13.1. The molecule has 3 aromatic rings. The van der Waals surface area contributed by atoms with Crippen LogP contribution >= 0.6 is 0 Å². The molecule has 50 heavy (non-hydrogen) atoms. The number of nitrogens with one attached hydrogen (secondary N) is 1. The molecule has 266 valence electrons. The van der Waals surface area contributed by atoms with E-state index in [9.17, 15) is 29.1 Å². The third-order valence-corrected chi connectivity index (χ3v) is 10.1. The number of piperazine rings is 1. The number of ether oxygens (including phenoxy) is 2. The predicted molar refractivity (Wildman–Crippen MR) is 180 cm³/mol. The number of pyridine rings is 2. The van der Waals surface area contributed by atoms with Crippen LogP contribution in [0.2, 0.25) is 0 Å². The molecule has 1 saturated heterocycles. The van der Waals surface area contributed by atoms with Gasteiger partial charge in [0, 0.05) is 55.5 Å². The molecule has 3 aliphatic heterocycles. The third-order valence-electron chi connectivity index (χ3n) is 10.1. The molecule has 0 bridgehead atoms. The number of aryl methyl sites for hydroxylation is 1. The minimum Gasteiger partial charge on any atom is -0.458 e. The zero-order valence-corrected chi connectivity index (χ0v) is 28.5. The Balaban J connectivity index is 1.09. The van der Waals surface area contributed by atoms with E-state index in [0.29, 0.717) is 68.1 Å². The van der Waals surface area contributed by atoms with Crippen molar-refractivity contribution in [2.75, 3.05) is 26.2 Å². The van der Waals surface area contributed by atoms with Gasteiger partial charge in [0.25, 0.3) is 5.56 Å². The number of aliphatic hydroxyl groups is 1. The van der Waals surface area contributed by atoms with Crippen LogP contribution in [-0.4, -0.2) is 79.7 Å². The van der Waals surface area contributed by atoms with E-state index in [0.717, 1.165) is 42.2 Å². The highest BCUT2D eigenvalue weighted by atomic mass is 16.6. The number of carbonyl (C=O) groups is 4. The average molecular weight is 690 g/mol. The van der Waals surface area contributed by atoms with Crippen LogP contribution in [0.5, 0.6) is 5.75 Å². The van der Waals surface area contributed by atoms with Gasteiger partial charge in [-0.3, -0.25) is 19.6 Å². The highest BCUT2D eigenvalue weighted by Crippen LogP contribution is 2.40. The van der Waals surface area contributed by atoms with Gasteiger partial charge in [0.05, 0.1) is 29.0 Å². The number of carbonyl (C=O) groups excluding carboxylic acids is 4. The quantitative estimate of drug-likeness (QED) is 0.0913. The summed E-state index contributed by atoms with van der Waals surface area (Å²) in [5.74, 6) is -0.729. The van der Waals surface area contributed by atoms with E-state index in [4.69, 9.17) is 19.7 Å². The van der Waals surface area contributed by atoms with Gasteiger partial charge in [0.15, 0.2) is 5.60 Å². The van der Waals surface area contributed by atoms with Crippen LogP contribution in [0.1, 0.15) is 87.5 Å². The van der Waals surface area contributed by atoms with Gasteiger partial charge in [-0.15, -0.1) is 0 Å². The van der Waals surface area contributed by atoms with Crippen molar-refractivity contribution in [2.45, 2.75) is 90.4 Å². The molecule has 1 atom stereocenters. The fraction of sp³-hybridized carbons (Fsp3) is 0.500. The summed E-state index contributed by atoms with van der Waals surface area (Å²) < 4.78 is 12.6. The molecular formula is C36H43N5O9. The molecule has 0 unspecified atom stereocenters. The van der Waals surface area contributed by atoms with Crippen molar-refractivity contribution < 1.29 is 39.0 Å². The lowest BCUT2D eigenvalue weighted by Crippen LogP contribution is -2.51. The number of aromatic nitrogens is 2. The maximum atomic E-state index is 13.6. The number of hydroxylamine groups is 1. The van der Waals surface area contributed by atoms with E-state index in [1.807, 2.05) is 6.92 Å². The van der Waals surface area contributed by atoms with Gasteiger partial charge >= 0.3 is 12.1 Å². The molecule has 5 heterocycles. The molecule has 14 nitrogen and oxygen atoms in total. The fourth-order valence-corrected chi connectivity index (χ4v) is 7.22. The van der Waals surface area contributed by atoms with Gasteiger partial charge in [-0.1, -0.05) is 33.1 Å². The normalized spacial score (nSPS) is 18.0. The Hall–Kier alpha value is -4.82. The number of esters is 1. The molecule has 1 aromatic carbocycles.